The summed E-state index contributed by atoms with van der Waals surface area (Å²) >= 11 is 0. The Labute approximate surface area is 128 Å². The number of carbonyl (C=O) groups is 1. The highest BCUT2D eigenvalue weighted by atomic mass is 16.1. The van der Waals surface area contributed by atoms with E-state index in [1.54, 1.807) is 0 Å². The maximum absolute atomic E-state index is 12.1. The van der Waals surface area contributed by atoms with E-state index in [1.165, 1.54) is 0 Å². The molecule has 0 aliphatic carbocycles. The van der Waals surface area contributed by atoms with Crippen molar-refractivity contribution in [3.05, 3.63) is 5.82 Å². The molecule has 2 aliphatic heterocycles. The van der Waals surface area contributed by atoms with Crippen molar-refractivity contribution in [3.63, 3.8) is 0 Å². The molecule has 8 heteroatoms. The minimum Gasteiger partial charge on any atom is -0.353 e. The van der Waals surface area contributed by atoms with Gasteiger partial charge in [0.15, 0.2) is 11.5 Å². The lowest BCUT2D eigenvalue weighted by Crippen LogP contribution is -2.35. The normalized spacial score (nSPS) is 21.5. The van der Waals surface area contributed by atoms with E-state index in [0.717, 1.165) is 38.1 Å². The summed E-state index contributed by atoms with van der Waals surface area (Å²) in [5, 5.41) is 22.8. The van der Waals surface area contributed by atoms with Crippen LogP contribution in [0.1, 0.15) is 44.3 Å². The SMILES string of the molecule is C#CCCC1(CCC(=O)NC2CCc3nnnn3CC2)N=N1. The third-order valence-corrected chi connectivity index (χ3v) is 4.18. The van der Waals surface area contributed by atoms with Crippen LogP contribution >= 0.6 is 0 Å². The van der Waals surface area contributed by atoms with E-state index < -0.39 is 0 Å². The number of amides is 1. The van der Waals surface area contributed by atoms with Crippen molar-refractivity contribution in [2.75, 3.05) is 0 Å². The van der Waals surface area contributed by atoms with Gasteiger partial charge < -0.3 is 5.32 Å². The molecule has 1 aromatic heterocycles. The molecule has 8 nitrogen and oxygen atoms in total. The summed E-state index contributed by atoms with van der Waals surface area (Å²) in [4.78, 5) is 12.1. The lowest BCUT2D eigenvalue weighted by atomic mass is 10.0. The lowest BCUT2D eigenvalue weighted by Gasteiger charge is -2.16. The van der Waals surface area contributed by atoms with Gasteiger partial charge in [-0.2, -0.15) is 10.2 Å². The zero-order valence-electron chi connectivity index (χ0n) is 12.4. The number of tetrazole rings is 1. The first-order valence-electron chi connectivity index (χ1n) is 7.63. The molecule has 2 aliphatic rings. The molecule has 1 atom stereocenters. The van der Waals surface area contributed by atoms with Crippen molar-refractivity contribution >= 4 is 5.91 Å². The van der Waals surface area contributed by atoms with E-state index in [0.29, 0.717) is 19.3 Å². The molecule has 22 heavy (non-hydrogen) atoms. The number of aromatic nitrogens is 4. The Morgan fingerprint density at radius 3 is 3.05 bits per heavy atom. The highest BCUT2D eigenvalue weighted by molar-refractivity contribution is 5.76. The number of nitrogens with zero attached hydrogens (tertiary/aromatic N) is 6. The van der Waals surface area contributed by atoms with E-state index in [-0.39, 0.29) is 17.6 Å². The van der Waals surface area contributed by atoms with E-state index in [1.807, 2.05) is 4.68 Å². The Kier molecular flexibility index (Phi) is 4.13. The van der Waals surface area contributed by atoms with Gasteiger partial charge in [-0.3, -0.25) is 4.79 Å². The van der Waals surface area contributed by atoms with Crippen LogP contribution in [0.25, 0.3) is 0 Å². The lowest BCUT2D eigenvalue weighted by molar-refractivity contribution is -0.122. The van der Waals surface area contributed by atoms with Crippen molar-refractivity contribution in [1.82, 2.24) is 25.5 Å². The highest BCUT2D eigenvalue weighted by Gasteiger charge is 2.39. The van der Waals surface area contributed by atoms with E-state index in [4.69, 9.17) is 6.42 Å². The number of fused-ring (bicyclic) bond motifs is 1. The Hall–Kier alpha value is -2.30. The number of carbonyl (C=O) groups excluding carboxylic acids is 1. The molecule has 0 radical (unpaired) electrons. The molecule has 1 amide bonds. The van der Waals surface area contributed by atoms with Gasteiger partial charge in [0.05, 0.1) is 0 Å². The maximum Gasteiger partial charge on any atom is 0.220 e. The number of terminal acetylenes is 1. The van der Waals surface area contributed by atoms with Crippen LogP contribution in [0.3, 0.4) is 0 Å². The molecule has 1 unspecified atom stereocenters. The topological polar surface area (TPSA) is 97.4 Å². The number of hydrogen-bond donors (Lipinski definition) is 1. The van der Waals surface area contributed by atoms with E-state index >= 15 is 0 Å². The van der Waals surface area contributed by atoms with Crippen molar-refractivity contribution < 1.29 is 4.79 Å². The first-order chi connectivity index (χ1) is 10.7. The minimum atomic E-state index is -0.384. The summed E-state index contributed by atoms with van der Waals surface area (Å²) in [6.07, 6.45) is 10.2. The van der Waals surface area contributed by atoms with Crippen LogP contribution in [0.5, 0.6) is 0 Å². The minimum absolute atomic E-state index is 0.0491. The fraction of sp³-hybridized carbons (Fsp3) is 0.714. The third-order valence-electron chi connectivity index (χ3n) is 4.18. The van der Waals surface area contributed by atoms with Gasteiger partial charge in [-0.1, -0.05) is 0 Å². The van der Waals surface area contributed by atoms with Gasteiger partial charge in [-0.05, 0) is 23.3 Å². The molecular formula is C14H19N7O. The average molecular weight is 301 g/mol. The van der Waals surface area contributed by atoms with Crippen LogP contribution < -0.4 is 5.32 Å². The quantitative estimate of drug-likeness (QED) is 0.788. The molecule has 1 aromatic rings. The molecule has 0 saturated carbocycles. The standard InChI is InChI=1S/C14H19N7O/c1-2-3-8-14(17-18-14)9-6-13(22)15-11-4-5-12-16-19-20-21(12)10-7-11/h1,11H,3-10H2,(H,15,22). The van der Waals surface area contributed by atoms with Crippen LogP contribution in [0, 0.1) is 12.3 Å². The Morgan fingerprint density at radius 1 is 1.41 bits per heavy atom. The third kappa shape index (κ3) is 3.47. The van der Waals surface area contributed by atoms with Crippen LogP contribution in [-0.4, -0.2) is 37.8 Å². The van der Waals surface area contributed by atoms with Crippen molar-refractivity contribution in [3.8, 4) is 12.3 Å². The molecule has 0 aromatic carbocycles. The zero-order valence-corrected chi connectivity index (χ0v) is 12.4. The fourth-order valence-electron chi connectivity index (χ4n) is 2.73. The molecule has 116 valence electrons. The second-order valence-electron chi connectivity index (χ2n) is 5.80. The largest absolute Gasteiger partial charge is 0.353 e. The molecule has 0 bridgehead atoms. The Morgan fingerprint density at radius 2 is 2.27 bits per heavy atom. The molecule has 0 saturated heterocycles. The van der Waals surface area contributed by atoms with E-state index in [2.05, 4.69) is 37.0 Å². The Balaban J connectivity index is 1.41. The molecule has 0 fully saturated rings. The van der Waals surface area contributed by atoms with Gasteiger partial charge in [-0.15, -0.1) is 17.4 Å². The van der Waals surface area contributed by atoms with Crippen molar-refractivity contribution in [1.29, 1.82) is 0 Å². The molecule has 0 spiro atoms. The average Bonchev–Trinajstić information content (AvgIpc) is 3.21. The molecular weight excluding hydrogens is 282 g/mol. The van der Waals surface area contributed by atoms with Crippen LogP contribution in [0.4, 0.5) is 0 Å². The van der Waals surface area contributed by atoms with Gasteiger partial charge in [-0.25, -0.2) is 4.68 Å². The first kappa shape index (κ1) is 14.6. The number of nitrogens with one attached hydrogen (secondary N) is 1. The van der Waals surface area contributed by atoms with Gasteiger partial charge >= 0.3 is 0 Å². The van der Waals surface area contributed by atoms with Crippen molar-refractivity contribution in [2.24, 2.45) is 10.2 Å². The van der Waals surface area contributed by atoms with Crippen molar-refractivity contribution in [2.45, 2.75) is 63.2 Å². The molecule has 1 N–H and O–H groups in total. The van der Waals surface area contributed by atoms with Crippen LogP contribution in [0.15, 0.2) is 10.2 Å². The fourth-order valence-corrected chi connectivity index (χ4v) is 2.73. The summed E-state index contributed by atoms with van der Waals surface area (Å²) in [7, 11) is 0. The predicted molar refractivity (Wildman–Crippen MR) is 77.6 cm³/mol. The smallest absolute Gasteiger partial charge is 0.220 e. The summed E-state index contributed by atoms with van der Waals surface area (Å²) in [6.45, 7) is 0.740. The van der Waals surface area contributed by atoms with Crippen LogP contribution in [-0.2, 0) is 17.8 Å². The second kappa shape index (κ2) is 6.22. The monoisotopic (exact) mass is 301 g/mol. The summed E-state index contributed by atoms with van der Waals surface area (Å²) in [5.41, 5.74) is -0.384. The number of rotatable bonds is 6. The molecule has 3 heterocycles. The zero-order chi connectivity index (χ0) is 15.4. The summed E-state index contributed by atoms with van der Waals surface area (Å²) < 4.78 is 1.81. The predicted octanol–water partition coefficient (Wildman–Crippen LogP) is 0.850. The van der Waals surface area contributed by atoms with E-state index in [9.17, 15) is 4.79 Å². The van der Waals surface area contributed by atoms with Gasteiger partial charge in [0.2, 0.25) is 5.91 Å². The van der Waals surface area contributed by atoms with Gasteiger partial charge in [0.1, 0.15) is 0 Å². The summed E-state index contributed by atoms with van der Waals surface area (Å²) in [6, 6.07) is 0.158. The highest BCUT2D eigenvalue weighted by Crippen LogP contribution is 2.37. The van der Waals surface area contributed by atoms with Gasteiger partial charge in [0.25, 0.3) is 0 Å². The summed E-state index contributed by atoms with van der Waals surface area (Å²) in [5.74, 6) is 3.53. The second-order valence-corrected chi connectivity index (χ2v) is 5.80. The maximum atomic E-state index is 12.1. The molecule has 3 rings (SSSR count). The Bertz CT molecular complexity index is 586. The first-order valence-corrected chi connectivity index (χ1v) is 7.63. The van der Waals surface area contributed by atoms with Crippen LogP contribution in [0.2, 0.25) is 0 Å². The number of hydrogen-bond acceptors (Lipinski definition) is 6. The van der Waals surface area contributed by atoms with Gasteiger partial charge in [0, 0.05) is 44.7 Å². The number of aryl methyl sites for hydroxylation is 2.